The predicted molar refractivity (Wildman–Crippen MR) is 364 cm³/mol. The summed E-state index contributed by atoms with van der Waals surface area (Å²) in [5, 5.41) is 9.27. The van der Waals surface area contributed by atoms with E-state index in [9.17, 15) is 0 Å². The van der Waals surface area contributed by atoms with E-state index in [-0.39, 0.29) is 0 Å². The quantitative estimate of drug-likeness (QED) is 0.145. The van der Waals surface area contributed by atoms with Gasteiger partial charge in [0.15, 0.2) is 5.82 Å². The summed E-state index contributed by atoms with van der Waals surface area (Å²) in [5.74, 6) is 1.59. The van der Waals surface area contributed by atoms with Gasteiger partial charge in [-0.25, -0.2) is 0 Å². The highest BCUT2D eigenvalue weighted by Crippen LogP contribution is 2.44. The molecule has 0 aliphatic heterocycles. The number of hydrogen-bond acceptors (Lipinski definition) is 3. The zero-order valence-corrected chi connectivity index (χ0v) is 47.6. The minimum Gasteiger partial charge on any atom is -0.309 e. The van der Waals surface area contributed by atoms with Gasteiger partial charge in [-0.3, -0.25) is 9.13 Å². The van der Waals surface area contributed by atoms with Gasteiger partial charge in [-0.05, 0) is 142 Å². The highest BCUT2D eigenvalue weighted by Gasteiger charge is 2.25. The second kappa shape index (κ2) is 19.8. The van der Waals surface area contributed by atoms with Gasteiger partial charge in [0.05, 0.1) is 44.1 Å². The third-order valence-corrected chi connectivity index (χ3v) is 17.9. The molecule has 0 aliphatic rings. The summed E-state index contributed by atoms with van der Waals surface area (Å²) in [7, 11) is 0. The van der Waals surface area contributed by atoms with E-state index in [4.69, 9.17) is 15.0 Å². The Bertz CT molecular complexity index is 5440. The normalized spacial score (nSPS) is 11.9. The molecule has 0 spiro atoms. The number of rotatable bonds is 9. The number of benzene rings is 13. The molecular weight excluding hydrogens is 1070 g/mol. The highest BCUT2D eigenvalue weighted by molar-refractivity contribution is 6.15. The maximum Gasteiger partial charge on any atom is 0.240 e. The lowest BCUT2D eigenvalue weighted by Crippen LogP contribution is -2.11. The molecule has 0 saturated heterocycles. The van der Waals surface area contributed by atoms with Crippen molar-refractivity contribution in [2.45, 2.75) is 0 Å². The van der Waals surface area contributed by atoms with E-state index in [2.05, 4.69) is 328 Å². The van der Waals surface area contributed by atoms with Crippen LogP contribution in [0.2, 0.25) is 0 Å². The van der Waals surface area contributed by atoms with Crippen molar-refractivity contribution >= 4 is 87.2 Å². The van der Waals surface area contributed by atoms with Gasteiger partial charge in [-0.15, -0.1) is 0 Å². The molecule has 0 saturated carbocycles. The van der Waals surface area contributed by atoms with Gasteiger partial charge in [0.25, 0.3) is 0 Å². The van der Waals surface area contributed by atoms with Crippen molar-refractivity contribution in [3.63, 3.8) is 0 Å². The van der Waals surface area contributed by atoms with Crippen LogP contribution in [0.1, 0.15) is 0 Å². The molecule has 0 unspecified atom stereocenters. The molecule has 0 atom stereocenters. The monoisotopic (exact) mass is 1120 g/mol. The van der Waals surface area contributed by atoms with Gasteiger partial charge in [0.1, 0.15) is 0 Å². The fourth-order valence-electron chi connectivity index (χ4n) is 13.9. The average Bonchev–Trinajstić information content (AvgIpc) is 1.91. The van der Waals surface area contributed by atoms with Crippen molar-refractivity contribution < 1.29 is 0 Å². The van der Waals surface area contributed by atoms with Crippen molar-refractivity contribution in [3.8, 4) is 79.2 Å². The number of aromatic nitrogens is 7. The standard InChI is InChI=1S/C81H51N7/c1-5-22-52(23-6-1)60-34-21-35-61(53-24-7-2-8-25-53)78(60)79-82-80(87-72-38-19-15-32-64(72)68-50-56(42-46-76(68)87)54-40-44-74-66(48-54)62-30-13-17-36-70(62)85(74)58-26-9-3-10-27-58)84-81(83-79)88-73-39-20-16-33-65(73)69-51-57(43-47-77(69)88)55-41-45-75-67(49-55)63-31-14-18-37-71(63)86(75)59-28-11-4-12-29-59/h1-51H. The summed E-state index contributed by atoms with van der Waals surface area (Å²) in [6.07, 6.45) is 0. The first-order valence-corrected chi connectivity index (χ1v) is 29.9. The molecule has 5 aromatic heterocycles. The molecule has 0 radical (unpaired) electrons. The number of hydrogen-bond donors (Lipinski definition) is 0. The fourth-order valence-corrected chi connectivity index (χ4v) is 13.9. The summed E-state index contributed by atoms with van der Waals surface area (Å²) < 4.78 is 9.22. The Morgan fingerprint density at radius 3 is 0.830 bits per heavy atom. The van der Waals surface area contributed by atoms with Gasteiger partial charge < -0.3 is 9.13 Å². The lowest BCUT2D eigenvalue weighted by Gasteiger charge is -2.17. The Morgan fingerprint density at radius 1 is 0.193 bits per heavy atom. The van der Waals surface area contributed by atoms with Crippen LogP contribution in [0.15, 0.2) is 309 Å². The summed E-state index contributed by atoms with van der Waals surface area (Å²) in [5.41, 5.74) is 20.6. The maximum atomic E-state index is 5.70. The summed E-state index contributed by atoms with van der Waals surface area (Å²) in [6.45, 7) is 0. The molecule has 7 nitrogen and oxygen atoms in total. The van der Waals surface area contributed by atoms with E-state index >= 15 is 0 Å². The molecule has 88 heavy (non-hydrogen) atoms. The molecule has 0 fully saturated rings. The highest BCUT2D eigenvalue weighted by atomic mass is 15.3. The molecule has 18 aromatic rings. The number of nitrogens with zero attached hydrogens (tertiary/aromatic N) is 7. The van der Waals surface area contributed by atoms with E-state index in [1.807, 2.05) is 0 Å². The van der Waals surface area contributed by atoms with Crippen LogP contribution in [0, 0.1) is 0 Å². The Balaban J connectivity index is 0.857. The van der Waals surface area contributed by atoms with Gasteiger partial charge in [0.2, 0.25) is 11.9 Å². The van der Waals surface area contributed by atoms with Gasteiger partial charge in [-0.1, -0.05) is 212 Å². The zero-order chi connectivity index (χ0) is 57.8. The first-order valence-electron chi connectivity index (χ1n) is 29.9. The summed E-state index contributed by atoms with van der Waals surface area (Å²) >= 11 is 0. The van der Waals surface area contributed by atoms with E-state index in [0.29, 0.717) is 17.7 Å². The third-order valence-electron chi connectivity index (χ3n) is 17.9. The Labute approximate surface area is 506 Å². The average molecular weight is 1120 g/mol. The van der Waals surface area contributed by atoms with Crippen LogP contribution in [-0.4, -0.2) is 33.2 Å². The van der Waals surface area contributed by atoms with E-state index in [0.717, 1.165) is 105 Å². The van der Waals surface area contributed by atoms with Crippen molar-refractivity contribution in [1.29, 1.82) is 0 Å². The smallest absolute Gasteiger partial charge is 0.240 e. The number of fused-ring (bicyclic) bond motifs is 12. The first kappa shape index (κ1) is 49.5. The molecule has 0 N–H and O–H groups in total. The van der Waals surface area contributed by atoms with Crippen molar-refractivity contribution in [2.75, 3.05) is 0 Å². The summed E-state index contributed by atoms with van der Waals surface area (Å²) in [4.78, 5) is 17.1. The van der Waals surface area contributed by atoms with Crippen LogP contribution < -0.4 is 0 Å². The first-order chi connectivity index (χ1) is 43.7. The number of para-hydroxylation sites is 6. The topological polar surface area (TPSA) is 58.4 Å². The molecule has 5 heterocycles. The molecule has 13 aromatic carbocycles. The van der Waals surface area contributed by atoms with Crippen LogP contribution in [0.4, 0.5) is 0 Å². The van der Waals surface area contributed by atoms with Crippen LogP contribution >= 0.6 is 0 Å². The van der Waals surface area contributed by atoms with Crippen molar-refractivity contribution in [3.05, 3.63) is 309 Å². The van der Waals surface area contributed by atoms with Gasteiger partial charge in [-0.2, -0.15) is 15.0 Å². The maximum absolute atomic E-state index is 5.70. The molecule has 410 valence electrons. The van der Waals surface area contributed by atoms with Gasteiger partial charge in [0, 0.05) is 60.0 Å². The van der Waals surface area contributed by atoms with Crippen LogP contribution in [0.5, 0.6) is 0 Å². The molecule has 0 bridgehead atoms. The molecule has 18 rings (SSSR count). The molecular formula is C81H51N7. The predicted octanol–water partition coefficient (Wildman–Crippen LogP) is 20.6. The molecule has 0 amide bonds. The lowest BCUT2D eigenvalue weighted by atomic mass is 9.91. The Kier molecular flexibility index (Phi) is 11.2. The Morgan fingerprint density at radius 2 is 0.477 bits per heavy atom. The molecule has 0 aliphatic carbocycles. The lowest BCUT2D eigenvalue weighted by molar-refractivity contribution is 0.893. The largest absolute Gasteiger partial charge is 0.309 e. The summed E-state index contributed by atoms with van der Waals surface area (Å²) in [6, 6.07) is 111. The van der Waals surface area contributed by atoms with E-state index in [1.165, 1.54) is 43.6 Å². The Hall–Kier alpha value is -11.9. The minimum atomic E-state index is 0.515. The molecule has 7 heteroatoms. The van der Waals surface area contributed by atoms with Crippen molar-refractivity contribution in [2.24, 2.45) is 0 Å². The fraction of sp³-hybridized carbons (Fsp3) is 0. The van der Waals surface area contributed by atoms with E-state index in [1.54, 1.807) is 0 Å². The second-order valence-corrected chi connectivity index (χ2v) is 22.7. The minimum absolute atomic E-state index is 0.515. The third kappa shape index (κ3) is 7.74. The van der Waals surface area contributed by atoms with Crippen LogP contribution in [-0.2, 0) is 0 Å². The SMILES string of the molecule is c1ccc(-c2cccc(-c3ccccc3)c2-c2nc(-n3c4ccccc4c4cc(-c5ccc6c(c5)c5ccccc5n6-c5ccccc5)ccc43)nc(-n3c4ccccc4c4cc(-c5ccc6c(c5)c5ccccc5n6-c5ccccc5)ccc43)n2)cc1. The second-order valence-electron chi connectivity index (χ2n) is 22.7. The van der Waals surface area contributed by atoms with Gasteiger partial charge >= 0.3 is 0 Å². The zero-order valence-electron chi connectivity index (χ0n) is 47.6. The van der Waals surface area contributed by atoms with Crippen LogP contribution in [0.3, 0.4) is 0 Å². The van der Waals surface area contributed by atoms with Crippen molar-refractivity contribution in [1.82, 2.24) is 33.2 Å². The van der Waals surface area contributed by atoms with E-state index < -0.39 is 0 Å². The van der Waals surface area contributed by atoms with Crippen LogP contribution in [0.25, 0.3) is 166 Å².